The van der Waals surface area contributed by atoms with Gasteiger partial charge in [-0.2, -0.15) is 0 Å². The van der Waals surface area contributed by atoms with Crippen molar-refractivity contribution in [2.24, 2.45) is 5.92 Å². The summed E-state index contributed by atoms with van der Waals surface area (Å²) in [6.45, 7) is 5.10. The van der Waals surface area contributed by atoms with E-state index in [1.165, 1.54) is 12.1 Å². The molecule has 0 spiro atoms. The van der Waals surface area contributed by atoms with Crippen molar-refractivity contribution in [1.82, 2.24) is 4.90 Å². The van der Waals surface area contributed by atoms with Gasteiger partial charge in [0, 0.05) is 19.2 Å². The Balaban J connectivity index is 2.10. The molecule has 0 aliphatic heterocycles. The van der Waals surface area contributed by atoms with Gasteiger partial charge in [0.05, 0.1) is 13.7 Å². The minimum atomic E-state index is -0.292. The second-order valence-corrected chi connectivity index (χ2v) is 6.36. The number of hydrogen-bond acceptors (Lipinski definition) is 3. The van der Waals surface area contributed by atoms with Crippen molar-refractivity contribution in [2.75, 3.05) is 20.8 Å². The lowest BCUT2D eigenvalue weighted by Crippen LogP contribution is -2.26. The molecule has 2 aromatic rings. The van der Waals surface area contributed by atoms with E-state index < -0.39 is 0 Å². The first kappa shape index (κ1) is 18.8. The zero-order chi connectivity index (χ0) is 18.4. The quantitative estimate of drug-likeness (QED) is 0.757. The Labute approximate surface area is 148 Å². The Hall–Kier alpha value is -2.56. The fourth-order valence-electron chi connectivity index (χ4n) is 2.33. The molecule has 0 radical (unpaired) electrons. The molecule has 0 aliphatic carbocycles. The topological polar surface area (TPSA) is 38.8 Å². The highest BCUT2D eigenvalue weighted by Gasteiger charge is 2.15. The van der Waals surface area contributed by atoms with Gasteiger partial charge in [0.15, 0.2) is 11.5 Å². The summed E-state index contributed by atoms with van der Waals surface area (Å²) in [5, 5.41) is 0. The molecule has 134 valence electrons. The van der Waals surface area contributed by atoms with Gasteiger partial charge in [0.2, 0.25) is 0 Å². The molecule has 4 nitrogen and oxygen atoms in total. The van der Waals surface area contributed by atoms with Gasteiger partial charge < -0.3 is 14.4 Å². The zero-order valence-electron chi connectivity index (χ0n) is 15.1. The molecular formula is C20H24FNO3. The lowest BCUT2D eigenvalue weighted by molar-refractivity contribution is 0.0784. The first-order valence-corrected chi connectivity index (χ1v) is 8.21. The normalized spacial score (nSPS) is 10.6. The molecule has 0 N–H and O–H groups in total. The maximum absolute atomic E-state index is 13.0. The van der Waals surface area contributed by atoms with Crippen LogP contribution in [0.25, 0.3) is 0 Å². The highest BCUT2D eigenvalue weighted by Crippen LogP contribution is 2.29. The van der Waals surface area contributed by atoms with Crippen LogP contribution in [0.15, 0.2) is 42.5 Å². The van der Waals surface area contributed by atoms with Crippen LogP contribution in [-0.4, -0.2) is 31.6 Å². The number of carbonyl (C=O) groups excluding carboxylic acids is 1. The number of rotatable bonds is 7. The average Bonchev–Trinajstić information content (AvgIpc) is 2.61. The van der Waals surface area contributed by atoms with E-state index in [0.29, 0.717) is 36.1 Å². The van der Waals surface area contributed by atoms with E-state index >= 15 is 0 Å². The van der Waals surface area contributed by atoms with Gasteiger partial charge in [-0.3, -0.25) is 4.79 Å². The summed E-state index contributed by atoms with van der Waals surface area (Å²) < 4.78 is 24.0. The number of benzene rings is 2. The Morgan fingerprint density at radius 1 is 1.12 bits per heavy atom. The van der Waals surface area contributed by atoms with Crippen LogP contribution in [0.1, 0.15) is 29.8 Å². The van der Waals surface area contributed by atoms with Gasteiger partial charge in [-0.1, -0.05) is 26.0 Å². The summed E-state index contributed by atoms with van der Waals surface area (Å²) in [6.07, 6.45) is 0. The standard InChI is InChI=1S/C20H24FNO3/c1-14(2)13-25-18-10-7-16(11-19(18)24-4)20(23)22(3)12-15-5-8-17(21)9-6-15/h5-11,14H,12-13H2,1-4H3. The Bertz CT molecular complexity index is 713. The maximum Gasteiger partial charge on any atom is 0.254 e. The van der Waals surface area contributed by atoms with Crippen molar-refractivity contribution in [2.45, 2.75) is 20.4 Å². The number of nitrogens with zero attached hydrogens (tertiary/aromatic N) is 1. The highest BCUT2D eigenvalue weighted by atomic mass is 19.1. The molecule has 2 rings (SSSR count). The summed E-state index contributed by atoms with van der Waals surface area (Å²) in [4.78, 5) is 14.2. The molecular weight excluding hydrogens is 321 g/mol. The SMILES string of the molecule is COc1cc(C(=O)N(C)Cc2ccc(F)cc2)ccc1OCC(C)C. The van der Waals surface area contributed by atoms with Crippen LogP contribution in [0.3, 0.4) is 0 Å². The van der Waals surface area contributed by atoms with Crippen molar-refractivity contribution in [3.8, 4) is 11.5 Å². The summed E-state index contributed by atoms with van der Waals surface area (Å²) in [7, 11) is 3.26. The predicted molar refractivity (Wildman–Crippen MR) is 95.5 cm³/mol. The summed E-state index contributed by atoms with van der Waals surface area (Å²) in [5.74, 6) is 1.11. The third-order valence-electron chi connectivity index (χ3n) is 3.66. The van der Waals surface area contributed by atoms with Crippen molar-refractivity contribution in [3.63, 3.8) is 0 Å². The maximum atomic E-state index is 13.0. The lowest BCUT2D eigenvalue weighted by atomic mass is 10.1. The first-order valence-electron chi connectivity index (χ1n) is 8.21. The van der Waals surface area contributed by atoms with Crippen LogP contribution in [0.4, 0.5) is 4.39 Å². The van der Waals surface area contributed by atoms with Gasteiger partial charge in [0.1, 0.15) is 5.82 Å². The molecule has 5 heteroatoms. The van der Waals surface area contributed by atoms with Crippen molar-refractivity contribution in [3.05, 3.63) is 59.4 Å². The summed E-state index contributed by atoms with van der Waals surface area (Å²) in [6, 6.07) is 11.3. The number of ether oxygens (including phenoxy) is 2. The van der Waals surface area contributed by atoms with Gasteiger partial charge in [0.25, 0.3) is 5.91 Å². The summed E-state index contributed by atoms with van der Waals surface area (Å²) >= 11 is 0. The van der Waals surface area contributed by atoms with Crippen LogP contribution in [-0.2, 0) is 6.54 Å². The fraction of sp³-hybridized carbons (Fsp3) is 0.350. The summed E-state index contributed by atoms with van der Waals surface area (Å²) in [5.41, 5.74) is 1.37. The largest absolute Gasteiger partial charge is 0.493 e. The molecule has 0 aliphatic rings. The minimum Gasteiger partial charge on any atom is -0.493 e. The fourth-order valence-corrected chi connectivity index (χ4v) is 2.33. The smallest absolute Gasteiger partial charge is 0.254 e. The van der Waals surface area contributed by atoms with E-state index in [1.54, 1.807) is 49.4 Å². The number of amides is 1. The molecule has 0 unspecified atom stereocenters. The zero-order valence-corrected chi connectivity index (χ0v) is 15.1. The molecule has 0 fully saturated rings. The van der Waals surface area contributed by atoms with E-state index in [9.17, 15) is 9.18 Å². The third-order valence-corrected chi connectivity index (χ3v) is 3.66. The molecule has 0 bridgehead atoms. The minimum absolute atomic E-state index is 0.141. The second kappa shape index (κ2) is 8.51. The molecule has 0 saturated carbocycles. The first-order chi connectivity index (χ1) is 11.9. The van der Waals surface area contributed by atoms with Gasteiger partial charge >= 0.3 is 0 Å². The number of hydrogen-bond donors (Lipinski definition) is 0. The van der Waals surface area contributed by atoms with E-state index in [0.717, 1.165) is 5.56 Å². The lowest BCUT2D eigenvalue weighted by Gasteiger charge is -2.19. The Morgan fingerprint density at radius 3 is 2.40 bits per heavy atom. The second-order valence-electron chi connectivity index (χ2n) is 6.36. The van der Waals surface area contributed by atoms with Crippen LogP contribution >= 0.6 is 0 Å². The van der Waals surface area contributed by atoms with E-state index in [-0.39, 0.29) is 11.7 Å². The number of halogens is 1. The van der Waals surface area contributed by atoms with Crippen LogP contribution in [0.5, 0.6) is 11.5 Å². The molecule has 0 heterocycles. The van der Waals surface area contributed by atoms with Crippen LogP contribution < -0.4 is 9.47 Å². The highest BCUT2D eigenvalue weighted by molar-refractivity contribution is 5.94. The van der Waals surface area contributed by atoms with Gasteiger partial charge in [-0.05, 0) is 41.8 Å². The van der Waals surface area contributed by atoms with Gasteiger partial charge in [-0.15, -0.1) is 0 Å². The Kier molecular flexibility index (Phi) is 6.39. The molecule has 25 heavy (non-hydrogen) atoms. The molecule has 0 atom stereocenters. The van der Waals surface area contributed by atoms with Crippen molar-refractivity contribution >= 4 is 5.91 Å². The predicted octanol–water partition coefficient (Wildman–Crippen LogP) is 4.14. The van der Waals surface area contributed by atoms with Gasteiger partial charge in [-0.25, -0.2) is 4.39 Å². The van der Waals surface area contributed by atoms with E-state index in [1.807, 2.05) is 0 Å². The molecule has 0 aromatic heterocycles. The van der Waals surface area contributed by atoms with E-state index in [2.05, 4.69) is 13.8 Å². The Morgan fingerprint density at radius 2 is 1.80 bits per heavy atom. The van der Waals surface area contributed by atoms with Crippen LogP contribution in [0.2, 0.25) is 0 Å². The van der Waals surface area contributed by atoms with Crippen molar-refractivity contribution in [1.29, 1.82) is 0 Å². The molecule has 1 amide bonds. The average molecular weight is 345 g/mol. The number of carbonyl (C=O) groups is 1. The number of methoxy groups -OCH3 is 1. The molecule has 2 aromatic carbocycles. The van der Waals surface area contributed by atoms with Crippen LogP contribution in [0, 0.1) is 11.7 Å². The monoisotopic (exact) mass is 345 g/mol. The third kappa shape index (κ3) is 5.21. The van der Waals surface area contributed by atoms with E-state index in [4.69, 9.17) is 9.47 Å². The molecule has 0 saturated heterocycles. The van der Waals surface area contributed by atoms with Crippen molar-refractivity contribution < 1.29 is 18.7 Å².